The van der Waals surface area contributed by atoms with Crippen LogP contribution in [-0.4, -0.2) is 80.4 Å². The van der Waals surface area contributed by atoms with Crippen molar-refractivity contribution in [3.63, 3.8) is 0 Å². The number of quaternary nitrogens is 1. The summed E-state index contributed by atoms with van der Waals surface area (Å²) < 4.78 is 6.33. The summed E-state index contributed by atoms with van der Waals surface area (Å²) in [6.07, 6.45) is 1.32. The van der Waals surface area contributed by atoms with Crippen LogP contribution in [0, 0.1) is 6.92 Å². The Balaban J connectivity index is 2.38. The van der Waals surface area contributed by atoms with E-state index >= 15 is 0 Å². The Hall–Kier alpha value is -1.76. The van der Waals surface area contributed by atoms with E-state index in [-0.39, 0.29) is 19.1 Å². The van der Waals surface area contributed by atoms with Crippen LogP contribution >= 0.6 is 0 Å². The summed E-state index contributed by atoms with van der Waals surface area (Å²) in [7, 11) is 4.16. The van der Waals surface area contributed by atoms with Crippen LogP contribution in [0.25, 0.3) is 0 Å². The molecule has 1 aromatic carbocycles. The van der Waals surface area contributed by atoms with Crippen molar-refractivity contribution in [2.45, 2.75) is 13.3 Å². The average Bonchev–Trinajstić information content (AvgIpc) is 2.56. The molecule has 0 radical (unpaired) electrons. The summed E-state index contributed by atoms with van der Waals surface area (Å²) >= 11 is 0. The summed E-state index contributed by atoms with van der Waals surface area (Å²) in [4.78, 5) is 24.7. The Morgan fingerprint density at radius 1 is 1.25 bits per heavy atom. The van der Waals surface area contributed by atoms with Crippen molar-refractivity contribution < 1.29 is 23.9 Å². The fourth-order valence-corrected chi connectivity index (χ4v) is 2.36. The molecule has 0 saturated heterocycles. The molecule has 1 N–H and O–H groups in total. The first-order chi connectivity index (χ1) is 11.4. The lowest BCUT2D eigenvalue weighted by Crippen LogP contribution is -2.43. The Morgan fingerprint density at radius 2 is 1.96 bits per heavy atom. The van der Waals surface area contributed by atoms with Gasteiger partial charge in [-0.3, -0.25) is 14.5 Å². The smallest absolute Gasteiger partial charge is 0.260 e. The second-order valence-electron chi connectivity index (χ2n) is 6.49. The molecule has 0 aliphatic carbocycles. The standard InChI is InChI=1S/C18H29N2O4/c1-16-7-4-5-8-17(16)18(23)19(15-22)9-13-24-14-11-20(2,3)10-6-12-21/h4-5,7-8,15,21H,6,9-14H2,1-3H3/q+1. The van der Waals surface area contributed by atoms with Crippen molar-refractivity contribution in [1.29, 1.82) is 0 Å². The third-order valence-electron chi connectivity index (χ3n) is 4.00. The molecule has 2 amide bonds. The van der Waals surface area contributed by atoms with Crippen LogP contribution in [0.5, 0.6) is 0 Å². The highest BCUT2D eigenvalue weighted by Crippen LogP contribution is 2.09. The van der Waals surface area contributed by atoms with Crippen molar-refractivity contribution in [1.82, 2.24) is 4.90 Å². The SMILES string of the molecule is Cc1ccccc1C(=O)N(C=O)CCOCC[N+](C)(C)CCCO. The van der Waals surface area contributed by atoms with Gasteiger partial charge in [-0.25, -0.2) is 0 Å². The molecule has 0 aliphatic rings. The van der Waals surface area contributed by atoms with Crippen LogP contribution in [0.3, 0.4) is 0 Å². The number of aryl methyl sites for hydroxylation is 1. The van der Waals surface area contributed by atoms with Gasteiger partial charge in [-0.15, -0.1) is 0 Å². The third-order valence-corrected chi connectivity index (χ3v) is 4.00. The number of aliphatic hydroxyl groups is 1. The molecular weight excluding hydrogens is 308 g/mol. The number of carbonyl (C=O) groups excluding carboxylic acids is 2. The van der Waals surface area contributed by atoms with E-state index in [9.17, 15) is 9.59 Å². The fourth-order valence-electron chi connectivity index (χ4n) is 2.36. The molecule has 0 atom stereocenters. The lowest BCUT2D eigenvalue weighted by Gasteiger charge is -2.29. The van der Waals surface area contributed by atoms with Gasteiger partial charge in [-0.05, 0) is 18.6 Å². The lowest BCUT2D eigenvalue weighted by atomic mass is 10.1. The maximum Gasteiger partial charge on any atom is 0.260 e. The zero-order valence-corrected chi connectivity index (χ0v) is 14.9. The van der Waals surface area contributed by atoms with E-state index in [1.807, 2.05) is 19.1 Å². The second-order valence-corrected chi connectivity index (χ2v) is 6.49. The summed E-state index contributed by atoms with van der Waals surface area (Å²) in [6.45, 7) is 4.83. The van der Waals surface area contributed by atoms with E-state index in [2.05, 4.69) is 14.1 Å². The van der Waals surface area contributed by atoms with Gasteiger partial charge in [0.2, 0.25) is 6.41 Å². The molecule has 1 aromatic rings. The van der Waals surface area contributed by atoms with Crippen molar-refractivity contribution in [3.05, 3.63) is 35.4 Å². The molecule has 0 bridgehead atoms. The Bertz CT molecular complexity index is 532. The highest BCUT2D eigenvalue weighted by molar-refractivity contribution is 6.00. The van der Waals surface area contributed by atoms with E-state index in [0.29, 0.717) is 25.2 Å². The number of hydrogen-bond acceptors (Lipinski definition) is 4. The molecule has 0 heterocycles. The monoisotopic (exact) mass is 337 g/mol. The Labute approximate surface area is 144 Å². The number of hydrogen-bond donors (Lipinski definition) is 1. The van der Waals surface area contributed by atoms with Gasteiger partial charge >= 0.3 is 0 Å². The quantitative estimate of drug-likeness (QED) is 0.373. The number of ether oxygens (including phenoxy) is 1. The number of amides is 2. The van der Waals surface area contributed by atoms with E-state index in [1.54, 1.807) is 12.1 Å². The minimum absolute atomic E-state index is 0.192. The first-order valence-electron chi connectivity index (χ1n) is 8.24. The van der Waals surface area contributed by atoms with Crippen LogP contribution < -0.4 is 0 Å². The van der Waals surface area contributed by atoms with Crippen LogP contribution in [0.4, 0.5) is 0 Å². The van der Waals surface area contributed by atoms with Crippen LogP contribution in [0.15, 0.2) is 24.3 Å². The molecule has 6 heteroatoms. The third kappa shape index (κ3) is 6.78. The van der Waals surface area contributed by atoms with Gasteiger partial charge in [0, 0.05) is 18.6 Å². The van der Waals surface area contributed by atoms with E-state index in [0.717, 1.165) is 34.5 Å². The van der Waals surface area contributed by atoms with Gasteiger partial charge in [0.15, 0.2) is 0 Å². The number of likely N-dealkylation sites (N-methyl/N-ethyl adjacent to an activating group) is 1. The Kier molecular flexibility index (Phi) is 8.60. The molecule has 0 unspecified atom stereocenters. The molecule has 0 aliphatic heterocycles. The topological polar surface area (TPSA) is 66.8 Å². The van der Waals surface area contributed by atoms with Crippen LogP contribution in [0.1, 0.15) is 22.3 Å². The van der Waals surface area contributed by atoms with Crippen molar-refractivity contribution in [2.24, 2.45) is 0 Å². The molecule has 24 heavy (non-hydrogen) atoms. The van der Waals surface area contributed by atoms with E-state index in [4.69, 9.17) is 9.84 Å². The summed E-state index contributed by atoms with van der Waals surface area (Å²) in [5, 5.41) is 8.88. The van der Waals surface area contributed by atoms with Gasteiger partial charge in [-0.1, -0.05) is 18.2 Å². The number of rotatable bonds is 11. The second kappa shape index (κ2) is 10.2. The first kappa shape index (κ1) is 20.3. The van der Waals surface area contributed by atoms with Gasteiger partial charge in [0.1, 0.15) is 6.54 Å². The van der Waals surface area contributed by atoms with E-state index < -0.39 is 0 Å². The molecule has 0 saturated carbocycles. The van der Waals surface area contributed by atoms with Crippen LogP contribution in [-0.2, 0) is 9.53 Å². The molecule has 0 fully saturated rings. The predicted molar refractivity (Wildman–Crippen MR) is 92.6 cm³/mol. The predicted octanol–water partition coefficient (Wildman–Crippen LogP) is 1.07. The molecule has 0 aromatic heterocycles. The fraction of sp³-hybridized carbons (Fsp3) is 0.556. The first-order valence-corrected chi connectivity index (χ1v) is 8.24. The van der Waals surface area contributed by atoms with Gasteiger partial charge in [0.25, 0.3) is 5.91 Å². The van der Waals surface area contributed by atoms with Crippen LogP contribution in [0.2, 0.25) is 0 Å². The number of carbonyl (C=O) groups is 2. The summed E-state index contributed by atoms with van der Waals surface area (Å²) in [6, 6.07) is 7.21. The van der Waals surface area contributed by atoms with Crippen molar-refractivity contribution in [3.8, 4) is 0 Å². The van der Waals surface area contributed by atoms with Crippen molar-refractivity contribution in [2.75, 3.05) is 53.6 Å². The van der Waals surface area contributed by atoms with Gasteiger partial charge in [-0.2, -0.15) is 0 Å². The number of imide groups is 1. The van der Waals surface area contributed by atoms with Crippen molar-refractivity contribution >= 4 is 12.3 Å². The van der Waals surface area contributed by atoms with E-state index in [1.165, 1.54) is 0 Å². The molecule has 6 nitrogen and oxygen atoms in total. The Morgan fingerprint density at radius 3 is 2.58 bits per heavy atom. The molecule has 134 valence electrons. The highest BCUT2D eigenvalue weighted by Gasteiger charge is 2.17. The lowest BCUT2D eigenvalue weighted by molar-refractivity contribution is -0.891. The number of aliphatic hydroxyl groups excluding tert-OH is 1. The highest BCUT2D eigenvalue weighted by atomic mass is 16.5. The summed E-state index contributed by atoms with van der Waals surface area (Å²) in [5.41, 5.74) is 1.38. The number of benzene rings is 1. The zero-order chi connectivity index (χ0) is 18.0. The summed E-state index contributed by atoms with van der Waals surface area (Å²) in [5.74, 6) is -0.300. The van der Waals surface area contributed by atoms with Gasteiger partial charge in [0.05, 0.1) is 40.4 Å². The average molecular weight is 337 g/mol. The minimum atomic E-state index is -0.300. The number of nitrogens with zero attached hydrogens (tertiary/aromatic N) is 2. The molecular formula is C18H29N2O4+. The normalized spacial score (nSPS) is 11.3. The largest absolute Gasteiger partial charge is 0.396 e. The minimum Gasteiger partial charge on any atom is -0.396 e. The molecule has 1 rings (SSSR count). The molecule has 0 spiro atoms. The zero-order valence-electron chi connectivity index (χ0n) is 14.9. The maximum atomic E-state index is 12.4. The maximum absolute atomic E-state index is 12.4. The van der Waals surface area contributed by atoms with Gasteiger partial charge < -0.3 is 14.3 Å².